The lowest BCUT2D eigenvalue weighted by Crippen LogP contribution is -2.36. The number of sulfonamides is 1. The fourth-order valence-corrected chi connectivity index (χ4v) is 3.73. The summed E-state index contributed by atoms with van der Waals surface area (Å²) in [4.78, 5) is 0.0592. The fourth-order valence-electron chi connectivity index (χ4n) is 1.51. The van der Waals surface area contributed by atoms with Gasteiger partial charge in [0.2, 0.25) is 10.0 Å². The van der Waals surface area contributed by atoms with E-state index in [9.17, 15) is 8.42 Å². The third-order valence-corrected chi connectivity index (χ3v) is 4.82. The molecule has 0 amide bonds. The average molecular weight is 292 g/mol. The second kappa shape index (κ2) is 6.44. The molecular weight excluding hydrogens is 272 g/mol. The smallest absolute Gasteiger partial charge is 0.246 e. The lowest BCUT2D eigenvalue weighted by Gasteiger charge is -2.15. The zero-order valence-corrected chi connectivity index (χ0v) is 12.5. The van der Waals surface area contributed by atoms with Crippen molar-refractivity contribution in [1.82, 2.24) is 14.5 Å². The van der Waals surface area contributed by atoms with E-state index in [2.05, 4.69) is 9.82 Å². The number of aromatic nitrogens is 2. The van der Waals surface area contributed by atoms with Gasteiger partial charge in [-0.15, -0.1) is 0 Å². The minimum atomic E-state index is -3.59. The van der Waals surface area contributed by atoms with Crippen molar-refractivity contribution in [2.24, 2.45) is 0 Å². The maximum Gasteiger partial charge on any atom is 0.246 e. The first-order valence-corrected chi connectivity index (χ1v) is 8.66. The van der Waals surface area contributed by atoms with E-state index < -0.39 is 10.0 Å². The average Bonchev–Trinajstić information content (AvgIpc) is 2.70. The molecule has 0 fully saturated rings. The van der Waals surface area contributed by atoms with Gasteiger partial charge >= 0.3 is 0 Å². The zero-order chi connectivity index (χ0) is 13.8. The molecule has 0 spiro atoms. The maximum atomic E-state index is 12.2. The van der Waals surface area contributed by atoms with Crippen molar-refractivity contribution in [3.05, 3.63) is 6.20 Å². The van der Waals surface area contributed by atoms with Crippen LogP contribution in [0.3, 0.4) is 0 Å². The summed E-state index contributed by atoms with van der Waals surface area (Å²) in [7, 11) is -3.59. The molecule has 1 aromatic heterocycles. The number of hydrogen-bond donors (Lipinski definition) is 2. The van der Waals surface area contributed by atoms with Crippen molar-refractivity contribution in [3.8, 4) is 0 Å². The van der Waals surface area contributed by atoms with Gasteiger partial charge in [0.1, 0.15) is 4.90 Å². The van der Waals surface area contributed by atoms with Crippen LogP contribution in [-0.4, -0.2) is 36.2 Å². The topological polar surface area (TPSA) is 90.0 Å². The Hall–Kier alpha value is -0.730. The molecule has 1 aromatic rings. The molecule has 1 heterocycles. The quantitative estimate of drug-likeness (QED) is 0.779. The molecule has 0 saturated carbocycles. The first-order valence-electron chi connectivity index (χ1n) is 5.78. The molecule has 0 aromatic carbocycles. The molecule has 8 heteroatoms. The molecule has 0 saturated heterocycles. The number of rotatable bonds is 7. The van der Waals surface area contributed by atoms with Crippen LogP contribution in [0.1, 0.15) is 20.3 Å². The monoisotopic (exact) mass is 292 g/mol. The Morgan fingerprint density at radius 1 is 1.56 bits per heavy atom. The standard InChI is InChI=1S/C10H20N4O2S2/c1-4-8(7-17-3)13-18(15,16)9-6-14(5-2)12-10(9)11/h6,8,13H,4-5,7H2,1-3H3,(H2,11,12). The molecule has 18 heavy (non-hydrogen) atoms. The Labute approximate surface area is 112 Å². The molecule has 3 N–H and O–H groups in total. The molecule has 0 radical (unpaired) electrons. The minimum absolute atomic E-state index is 0.0448. The number of aryl methyl sites for hydroxylation is 1. The third kappa shape index (κ3) is 3.63. The van der Waals surface area contributed by atoms with Crippen molar-refractivity contribution < 1.29 is 8.42 Å². The summed E-state index contributed by atoms with van der Waals surface area (Å²) in [6.07, 6.45) is 4.14. The predicted molar refractivity (Wildman–Crippen MR) is 75.1 cm³/mol. The minimum Gasteiger partial charge on any atom is -0.381 e. The van der Waals surface area contributed by atoms with E-state index in [1.807, 2.05) is 20.1 Å². The normalized spacial score (nSPS) is 13.7. The third-order valence-electron chi connectivity index (χ3n) is 2.55. The Balaban J connectivity index is 2.94. The summed E-state index contributed by atoms with van der Waals surface area (Å²) in [5.74, 6) is 0.778. The van der Waals surface area contributed by atoms with Gasteiger partial charge in [0, 0.05) is 24.5 Å². The number of nitrogens with two attached hydrogens (primary N) is 1. The van der Waals surface area contributed by atoms with Crippen LogP contribution in [0.5, 0.6) is 0 Å². The highest BCUT2D eigenvalue weighted by Gasteiger charge is 2.23. The predicted octanol–water partition coefficient (Wildman–Crippen LogP) is 0.905. The first-order chi connectivity index (χ1) is 8.44. The van der Waals surface area contributed by atoms with Gasteiger partial charge in [0.15, 0.2) is 5.82 Å². The van der Waals surface area contributed by atoms with Crippen LogP contribution in [-0.2, 0) is 16.6 Å². The van der Waals surface area contributed by atoms with E-state index in [4.69, 9.17) is 5.73 Å². The summed E-state index contributed by atoms with van der Waals surface area (Å²) in [6, 6.07) is -0.0885. The summed E-state index contributed by atoms with van der Waals surface area (Å²) < 4.78 is 28.5. The van der Waals surface area contributed by atoms with Crippen molar-refractivity contribution in [1.29, 1.82) is 0 Å². The van der Waals surface area contributed by atoms with Crippen LogP contribution in [0.2, 0.25) is 0 Å². The van der Waals surface area contributed by atoms with E-state index in [0.29, 0.717) is 6.54 Å². The first kappa shape index (κ1) is 15.3. The lowest BCUT2D eigenvalue weighted by molar-refractivity contribution is 0.558. The molecular formula is C10H20N4O2S2. The Morgan fingerprint density at radius 3 is 2.67 bits per heavy atom. The van der Waals surface area contributed by atoms with Crippen molar-refractivity contribution in [3.63, 3.8) is 0 Å². The van der Waals surface area contributed by atoms with Gasteiger partial charge in [-0.05, 0) is 19.6 Å². The van der Waals surface area contributed by atoms with Gasteiger partial charge < -0.3 is 5.73 Å². The highest BCUT2D eigenvalue weighted by molar-refractivity contribution is 7.98. The van der Waals surface area contributed by atoms with Crippen molar-refractivity contribution in [2.75, 3.05) is 17.7 Å². The number of nitrogen functional groups attached to an aromatic ring is 1. The molecule has 0 bridgehead atoms. The number of thioether (sulfide) groups is 1. The van der Waals surface area contributed by atoms with Crippen LogP contribution in [0.4, 0.5) is 5.82 Å². The molecule has 6 nitrogen and oxygen atoms in total. The SMILES string of the molecule is CCC(CSC)NS(=O)(=O)c1cn(CC)nc1N. The highest BCUT2D eigenvalue weighted by atomic mass is 32.2. The van der Waals surface area contributed by atoms with Crippen LogP contribution in [0.25, 0.3) is 0 Å². The fraction of sp³-hybridized carbons (Fsp3) is 0.700. The lowest BCUT2D eigenvalue weighted by atomic mass is 10.3. The zero-order valence-electron chi connectivity index (χ0n) is 10.9. The summed E-state index contributed by atoms with van der Waals surface area (Å²) in [5, 5.41) is 3.94. The van der Waals surface area contributed by atoms with Crippen LogP contribution < -0.4 is 10.5 Å². The summed E-state index contributed by atoms with van der Waals surface area (Å²) in [5.41, 5.74) is 5.64. The van der Waals surface area contributed by atoms with E-state index in [-0.39, 0.29) is 16.8 Å². The van der Waals surface area contributed by atoms with E-state index in [0.717, 1.165) is 12.2 Å². The largest absolute Gasteiger partial charge is 0.381 e. The van der Waals surface area contributed by atoms with Gasteiger partial charge in [-0.1, -0.05) is 6.92 Å². The highest BCUT2D eigenvalue weighted by Crippen LogP contribution is 2.17. The molecule has 1 unspecified atom stereocenters. The van der Waals surface area contributed by atoms with Crippen LogP contribution in [0.15, 0.2) is 11.1 Å². The molecule has 1 atom stereocenters. The van der Waals surface area contributed by atoms with Gasteiger partial charge in [-0.2, -0.15) is 16.9 Å². The van der Waals surface area contributed by atoms with Gasteiger partial charge in [-0.3, -0.25) is 4.68 Å². The van der Waals surface area contributed by atoms with Gasteiger partial charge in [0.05, 0.1) is 0 Å². The molecule has 1 rings (SSSR count). The summed E-state index contributed by atoms with van der Waals surface area (Å²) in [6.45, 7) is 4.41. The van der Waals surface area contributed by atoms with Crippen molar-refractivity contribution in [2.45, 2.75) is 37.8 Å². The second-order valence-corrected chi connectivity index (χ2v) is 6.51. The number of nitrogens with zero attached hydrogens (tertiary/aromatic N) is 2. The Morgan fingerprint density at radius 2 is 2.22 bits per heavy atom. The Kier molecular flexibility index (Phi) is 5.48. The van der Waals surface area contributed by atoms with E-state index in [1.165, 1.54) is 10.9 Å². The number of anilines is 1. The molecule has 0 aliphatic heterocycles. The number of nitrogens with one attached hydrogen (secondary N) is 1. The molecule has 0 aliphatic rings. The Bertz CT molecular complexity index is 484. The van der Waals surface area contributed by atoms with Gasteiger partial charge in [0.25, 0.3) is 0 Å². The second-order valence-electron chi connectivity index (χ2n) is 3.92. The van der Waals surface area contributed by atoms with Crippen molar-refractivity contribution >= 4 is 27.6 Å². The molecule has 104 valence electrons. The summed E-state index contributed by atoms with van der Waals surface area (Å²) >= 11 is 1.61. The van der Waals surface area contributed by atoms with E-state index >= 15 is 0 Å². The van der Waals surface area contributed by atoms with Crippen LogP contribution >= 0.6 is 11.8 Å². The molecule has 0 aliphatic carbocycles. The van der Waals surface area contributed by atoms with E-state index in [1.54, 1.807) is 11.8 Å². The maximum absolute atomic E-state index is 12.2. The van der Waals surface area contributed by atoms with Crippen LogP contribution in [0, 0.1) is 0 Å². The van der Waals surface area contributed by atoms with Gasteiger partial charge in [-0.25, -0.2) is 13.1 Å². The number of hydrogen-bond acceptors (Lipinski definition) is 5.